The zero-order valence-corrected chi connectivity index (χ0v) is 16.6. The largest absolute Gasteiger partial charge is 0.492 e. The van der Waals surface area contributed by atoms with Gasteiger partial charge in [-0.2, -0.15) is 0 Å². The number of hydrogen-bond acceptors (Lipinski definition) is 5. The van der Waals surface area contributed by atoms with Gasteiger partial charge in [-0.05, 0) is 48.5 Å². The van der Waals surface area contributed by atoms with Gasteiger partial charge in [0.2, 0.25) is 15.9 Å². The zero-order valence-electron chi connectivity index (χ0n) is 15.8. The number of nitrogens with one attached hydrogen (secondary N) is 3. The fourth-order valence-electron chi connectivity index (χ4n) is 2.27. The molecule has 2 amide bonds. The molecule has 0 fully saturated rings. The molecule has 0 aliphatic rings. The van der Waals surface area contributed by atoms with E-state index in [0.717, 1.165) is 0 Å². The lowest BCUT2D eigenvalue weighted by Crippen LogP contribution is -2.36. The third kappa shape index (κ3) is 8.28. The predicted molar refractivity (Wildman–Crippen MR) is 107 cm³/mol. The van der Waals surface area contributed by atoms with Gasteiger partial charge in [-0.25, -0.2) is 17.5 Å². The molecule has 0 saturated heterocycles. The lowest BCUT2D eigenvalue weighted by atomic mass is 10.2. The summed E-state index contributed by atoms with van der Waals surface area (Å²) in [5.41, 5.74) is 0.958. The Morgan fingerprint density at radius 1 is 1.00 bits per heavy atom. The Kier molecular flexibility index (Phi) is 8.10. The Bertz CT molecular complexity index is 931. The van der Waals surface area contributed by atoms with Crippen LogP contribution in [-0.2, 0) is 14.8 Å². The number of rotatable bonds is 10. The fourth-order valence-corrected chi connectivity index (χ4v) is 3.13. The van der Waals surface area contributed by atoms with Crippen LogP contribution in [0.25, 0.3) is 0 Å². The van der Waals surface area contributed by atoms with Crippen molar-refractivity contribution in [3.63, 3.8) is 0 Å². The van der Waals surface area contributed by atoms with Crippen LogP contribution in [0.15, 0.2) is 48.5 Å². The van der Waals surface area contributed by atoms with Crippen LogP contribution in [-0.4, -0.2) is 45.7 Å². The Balaban J connectivity index is 1.68. The minimum Gasteiger partial charge on any atom is -0.492 e. The minimum absolute atomic E-state index is 0.0224. The first-order valence-corrected chi connectivity index (χ1v) is 10.4. The van der Waals surface area contributed by atoms with E-state index in [2.05, 4.69) is 15.4 Å². The van der Waals surface area contributed by atoms with Gasteiger partial charge in [0, 0.05) is 31.3 Å². The number of benzene rings is 2. The number of carbonyl (C=O) groups excluding carboxylic acids is 2. The average molecular weight is 423 g/mol. The predicted octanol–water partition coefficient (Wildman–Crippen LogP) is 1.51. The van der Waals surface area contributed by atoms with Crippen LogP contribution in [0.1, 0.15) is 17.3 Å². The molecule has 2 aromatic carbocycles. The second kappa shape index (κ2) is 10.5. The number of sulfonamides is 1. The average Bonchev–Trinajstić information content (AvgIpc) is 2.67. The minimum atomic E-state index is -3.58. The molecule has 0 aliphatic carbocycles. The molecule has 0 aliphatic heterocycles. The standard InChI is InChI=1S/C19H22FN3O5S/c1-14(24)23-17-6-2-15(3-7-17)19(25)21-10-11-22-29(26,27)13-12-28-18-8-4-16(20)5-9-18/h2-9,22H,10-13H2,1H3,(H,21,25)(H,23,24). The Labute approximate surface area is 168 Å². The van der Waals surface area contributed by atoms with Crippen molar-refractivity contribution in [2.45, 2.75) is 6.92 Å². The smallest absolute Gasteiger partial charge is 0.251 e. The van der Waals surface area contributed by atoms with E-state index in [9.17, 15) is 22.4 Å². The normalized spacial score (nSPS) is 11.0. The van der Waals surface area contributed by atoms with Gasteiger partial charge in [-0.1, -0.05) is 0 Å². The van der Waals surface area contributed by atoms with Gasteiger partial charge >= 0.3 is 0 Å². The highest BCUT2D eigenvalue weighted by molar-refractivity contribution is 7.89. The summed E-state index contributed by atoms with van der Waals surface area (Å²) >= 11 is 0. The monoisotopic (exact) mass is 423 g/mol. The van der Waals surface area contributed by atoms with E-state index in [4.69, 9.17) is 4.74 Å². The maximum Gasteiger partial charge on any atom is 0.251 e. The first kappa shape index (κ1) is 22.3. The van der Waals surface area contributed by atoms with Crippen LogP contribution < -0.4 is 20.1 Å². The molecule has 2 rings (SSSR count). The van der Waals surface area contributed by atoms with Crippen LogP contribution in [0.4, 0.5) is 10.1 Å². The second-order valence-corrected chi connectivity index (χ2v) is 7.96. The maximum absolute atomic E-state index is 12.8. The molecule has 10 heteroatoms. The molecule has 156 valence electrons. The second-order valence-electron chi connectivity index (χ2n) is 6.03. The lowest BCUT2D eigenvalue weighted by Gasteiger charge is -2.10. The highest BCUT2D eigenvalue weighted by Crippen LogP contribution is 2.11. The third-order valence-electron chi connectivity index (χ3n) is 3.63. The fraction of sp³-hybridized carbons (Fsp3) is 0.263. The summed E-state index contributed by atoms with van der Waals surface area (Å²) in [5, 5.41) is 5.19. The van der Waals surface area contributed by atoms with Gasteiger partial charge in [0.1, 0.15) is 18.2 Å². The van der Waals surface area contributed by atoms with Crippen molar-refractivity contribution in [2.24, 2.45) is 0 Å². The molecule has 8 nitrogen and oxygen atoms in total. The van der Waals surface area contributed by atoms with Crippen molar-refractivity contribution < 1.29 is 27.1 Å². The first-order chi connectivity index (χ1) is 13.7. The molecular formula is C19H22FN3O5S. The van der Waals surface area contributed by atoms with E-state index in [-0.39, 0.29) is 37.3 Å². The molecule has 0 spiro atoms. The zero-order chi connectivity index (χ0) is 21.3. The molecule has 0 radical (unpaired) electrons. The first-order valence-electron chi connectivity index (χ1n) is 8.77. The van der Waals surface area contributed by atoms with Crippen molar-refractivity contribution in [1.29, 1.82) is 0 Å². The highest BCUT2D eigenvalue weighted by atomic mass is 32.2. The van der Waals surface area contributed by atoms with E-state index in [1.54, 1.807) is 24.3 Å². The van der Waals surface area contributed by atoms with Crippen LogP contribution in [0.5, 0.6) is 5.75 Å². The summed E-state index contributed by atoms with van der Waals surface area (Å²) in [6.45, 7) is 1.42. The molecule has 3 N–H and O–H groups in total. The number of halogens is 1. The van der Waals surface area contributed by atoms with Crippen molar-refractivity contribution in [2.75, 3.05) is 30.8 Å². The van der Waals surface area contributed by atoms with Crippen LogP contribution in [0.3, 0.4) is 0 Å². The van der Waals surface area contributed by atoms with Crippen molar-refractivity contribution in [1.82, 2.24) is 10.0 Å². The van der Waals surface area contributed by atoms with Gasteiger partial charge in [-0.3, -0.25) is 9.59 Å². The van der Waals surface area contributed by atoms with E-state index >= 15 is 0 Å². The molecule has 0 heterocycles. The number of anilines is 1. The van der Waals surface area contributed by atoms with Crippen LogP contribution in [0.2, 0.25) is 0 Å². The number of carbonyl (C=O) groups is 2. The van der Waals surface area contributed by atoms with Gasteiger partial charge in [0.05, 0.1) is 5.75 Å². The van der Waals surface area contributed by atoms with E-state index in [1.807, 2.05) is 0 Å². The molecule has 0 bridgehead atoms. The molecule has 0 atom stereocenters. The number of ether oxygens (including phenoxy) is 1. The lowest BCUT2D eigenvalue weighted by molar-refractivity contribution is -0.114. The quantitative estimate of drug-likeness (QED) is 0.502. The summed E-state index contributed by atoms with van der Waals surface area (Å²) in [7, 11) is -3.58. The Morgan fingerprint density at radius 2 is 1.66 bits per heavy atom. The van der Waals surface area contributed by atoms with Crippen LogP contribution >= 0.6 is 0 Å². The van der Waals surface area contributed by atoms with E-state index < -0.39 is 15.8 Å². The van der Waals surface area contributed by atoms with Crippen molar-refractivity contribution in [3.05, 3.63) is 59.9 Å². The summed E-state index contributed by atoms with van der Waals surface area (Å²) in [6.07, 6.45) is 0. The molecule has 0 aromatic heterocycles. The van der Waals surface area contributed by atoms with E-state index in [1.165, 1.54) is 31.2 Å². The molecule has 29 heavy (non-hydrogen) atoms. The maximum atomic E-state index is 12.8. The summed E-state index contributed by atoms with van der Waals surface area (Å²) < 4.78 is 44.2. The summed E-state index contributed by atoms with van der Waals surface area (Å²) in [4.78, 5) is 23.0. The SMILES string of the molecule is CC(=O)Nc1ccc(C(=O)NCCNS(=O)(=O)CCOc2ccc(F)cc2)cc1. The van der Waals surface area contributed by atoms with Gasteiger partial charge in [0.25, 0.3) is 5.91 Å². The van der Waals surface area contributed by atoms with Crippen molar-refractivity contribution >= 4 is 27.5 Å². The molecular weight excluding hydrogens is 401 g/mol. The Morgan fingerprint density at radius 3 is 2.28 bits per heavy atom. The van der Waals surface area contributed by atoms with Gasteiger partial charge < -0.3 is 15.4 Å². The highest BCUT2D eigenvalue weighted by Gasteiger charge is 2.11. The number of hydrogen-bond donors (Lipinski definition) is 3. The molecule has 2 aromatic rings. The Hall–Kier alpha value is -2.98. The van der Waals surface area contributed by atoms with E-state index in [0.29, 0.717) is 17.0 Å². The van der Waals surface area contributed by atoms with Crippen molar-refractivity contribution in [3.8, 4) is 5.75 Å². The molecule has 0 unspecified atom stereocenters. The van der Waals surface area contributed by atoms with Gasteiger partial charge in [-0.15, -0.1) is 0 Å². The summed E-state index contributed by atoms with van der Waals surface area (Å²) in [5.74, 6) is -0.880. The van der Waals surface area contributed by atoms with Gasteiger partial charge in [0.15, 0.2) is 0 Å². The number of amides is 2. The van der Waals surface area contributed by atoms with Crippen LogP contribution in [0, 0.1) is 5.82 Å². The molecule has 0 saturated carbocycles. The topological polar surface area (TPSA) is 114 Å². The third-order valence-corrected chi connectivity index (χ3v) is 4.98. The summed E-state index contributed by atoms with van der Waals surface area (Å²) in [6, 6.07) is 11.6.